The van der Waals surface area contributed by atoms with E-state index in [2.05, 4.69) is 43.9 Å². The van der Waals surface area contributed by atoms with E-state index in [1.165, 1.54) is 42.6 Å². The van der Waals surface area contributed by atoms with E-state index >= 15 is 0 Å². The maximum Gasteiger partial charge on any atom is 0.327 e. The molecule has 2 heterocycles. The van der Waals surface area contributed by atoms with Crippen LogP contribution in [0.5, 0.6) is 5.75 Å². The van der Waals surface area contributed by atoms with Crippen LogP contribution in [0.1, 0.15) is 38.2 Å². The molecule has 0 unspecified atom stereocenters. The van der Waals surface area contributed by atoms with Gasteiger partial charge < -0.3 is 14.8 Å². The van der Waals surface area contributed by atoms with Crippen molar-refractivity contribution in [2.45, 2.75) is 45.7 Å². The zero-order valence-corrected chi connectivity index (χ0v) is 17.0. The first-order chi connectivity index (χ1) is 14.2. The van der Waals surface area contributed by atoms with Crippen molar-refractivity contribution in [3.63, 3.8) is 0 Å². The first-order valence-corrected chi connectivity index (χ1v) is 10.3. The van der Waals surface area contributed by atoms with E-state index in [1.54, 1.807) is 6.92 Å². The summed E-state index contributed by atoms with van der Waals surface area (Å²) in [6, 6.07) is 8.33. The number of anilines is 1. The second-order valence-corrected chi connectivity index (χ2v) is 7.08. The molecule has 158 valence electrons. The third kappa shape index (κ3) is 7.01. The first kappa shape index (κ1) is 21.0. The summed E-state index contributed by atoms with van der Waals surface area (Å²) in [6.07, 6.45) is 4.73. The molecule has 0 atom stereocenters. The molecule has 2 aromatic rings. The van der Waals surface area contributed by atoms with Crippen LogP contribution in [-0.2, 0) is 22.6 Å². The van der Waals surface area contributed by atoms with Gasteiger partial charge in [0.15, 0.2) is 0 Å². The molecule has 29 heavy (non-hydrogen) atoms. The van der Waals surface area contributed by atoms with Gasteiger partial charge in [-0.05, 0) is 67.4 Å². The molecule has 1 aliphatic heterocycles. The van der Waals surface area contributed by atoms with Crippen LogP contribution < -0.4 is 10.1 Å². The number of piperidine rings is 1. The smallest absolute Gasteiger partial charge is 0.327 e. The number of nitrogens with zero attached hydrogens (tertiary/aromatic N) is 5. The molecule has 1 aliphatic rings. The minimum absolute atomic E-state index is 0.0104. The van der Waals surface area contributed by atoms with E-state index in [0.29, 0.717) is 25.7 Å². The van der Waals surface area contributed by atoms with Gasteiger partial charge in [0.25, 0.3) is 0 Å². The van der Waals surface area contributed by atoms with Crippen molar-refractivity contribution in [3.05, 3.63) is 29.8 Å². The average Bonchev–Trinajstić information content (AvgIpc) is 3.16. The molecule has 0 radical (unpaired) electrons. The number of nitrogens with one attached hydrogen (secondary N) is 1. The number of hydrogen-bond donors (Lipinski definition) is 1. The topological polar surface area (TPSA) is 94.4 Å². The Balaban J connectivity index is 1.37. The third-order valence-corrected chi connectivity index (χ3v) is 4.74. The quantitative estimate of drug-likeness (QED) is 0.451. The monoisotopic (exact) mass is 402 g/mol. The third-order valence-electron chi connectivity index (χ3n) is 4.74. The molecule has 1 saturated heterocycles. The molecule has 0 bridgehead atoms. The number of hydrogen-bond acceptors (Lipinski definition) is 8. The predicted molar refractivity (Wildman–Crippen MR) is 109 cm³/mol. The van der Waals surface area contributed by atoms with Gasteiger partial charge in [-0.25, -0.2) is 4.68 Å². The highest BCUT2D eigenvalue weighted by atomic mass is 16.5. The Labute approximate surface area is 171 Å². The van der Waals surface area contributed by atoms with Gasteiger partial charge in [-0.3, -0.25) is 9.69 Å². The van der Waals surface area contributed by atoms with Crippen LogP contribution in [-0.4, -0.2) is 63.9 Å². The lowest BCUT2D eigenvalue weighted by atomic mass is 10.1. The van der Waals surface area contributed by atoms with E-state index < -0.39 is 0 Å². The van der Waals surface area contributed by atoms with Crippen LogP contribution in [0.2, 0.25) is 0 Å². The fraction of sp³-hybridized carbons (Fsp3) is 0.600. The van der Waals surface area contributed by atoms with Crippen LogP contribution in [0.3, 0.4) is 0 Å². The summed E-state index contributed by atoms with van der Waals surface area (Å²) in [6.45, 7) is 6.67. The Morgan fingerprint density at radius 2 is 2.10 bits per heavy atom. The maximum atomic E-state index is 11.6. The van der Waals surface area contributed by atoms with E-state index in [9.17, 15) is 4.79 Å². The molecule has 1 aromatic heterocycles. The summed E-state index contributed by atoms with van der Waals surface area (Å²) in [5, 5.41) is 14.4. The summed E-state index contributed by atoms with van der Waals surface area (Å²) >= 11 is 0. The van der Waals surface area contributed by atoms with Crippen molar-refractivity contribution in [2.75, 3.05) is 38.2 Å². The highest BCUT2D eigenvalue weighted by Gasteiger charge is 2.11. The summed E-state index contributed by atoms with van der Waals surface area (Å²) < 4.78 is 12.2. The molecule has 1 fully saturated rings. The first-order valence-electron chi connectivity index (χ1n) is 10.3. The highest BCUT2D eigenvalue weighted by molar-refractivity contribution is 5.69. The number of tetrazole rings is 1. The Bertz CT molecular complexity index is 760. The molecular formula is C20H30N6O3. The fourth-order valence-electron chi connectivity index (χ4n) is 3.34. The zero-order valence-electron chi connectivity index (χ0n) is 17.0. The van der Waals surface area contributed by atoms with Crippen molar-refractivity contribution in [1.82, 2.24) is 25.1 Å². The summed E-state index contributed by atoms with van der Waals surface area (Å²) in [7, 11) is 0. The van der Waals surface area contributed by atoms with Crippen molar-refractivity contribution in [1.29, 1.82) is 0 Å². The van der Waals surface area contributed by atoms with Crippen molar-refractivity contribution in [2.24, 2.45) is 0 Å². The molecule has 1 aromatic carbocycles. The molecule has 0 saturated carbocycles. The van der Waals surface area contributed by atoms with Crippen LogP contribution in [0, 0.1) is 0 Å². The van der Waals surface area contributed by atoms with Crippen LogP contribution in [0.25, 0.3) is 0 Å². The molecule has 9 nitrogen and oxygen atoms in total. The van der Waals surface area contributed by atoms with Gasteiger partial charge >= 0.3 is 5.97 Å². The van der Waals surface area contributed by atoms with Gasteiger partial charge in [0, 0.05) is 13.1 Å². The number of rotatable bonds is 11. The molecule has 1 N–H and O–H groups in total. The normalized spacial score (nSPS) is 14.5. The van der Waals surface area contributed by atoms with Gasteiger partial charge in [-0.1, -0.05) is 23.7 Å². The maximum absolute atomic E-state index is 11.6. The van der Waals surface area contributed by atoms with E-state index in [-0.39, 0.29) is 12.5 Å². The van der Waals surface area contributed by atoms with Crippen molar-refractivity contribution >= 4 is 11.9 Å². The number of aromatic nitrogens is 4. The lowest BCUT2D eigenvalue weighted by Crippen LogP contribution is -2.29. The SMILES string of the molecule is CCOC(=O)Cn1nnnc1NCCCOc1cccc(CN2CCCCC2)c1. The Morgan fingerprint density at radius 1 is 1.24 bits per heavy atom. The summed E-state index contributed by atoms with van der Waals surface area (Å²) in [5.41, 5.74) is 1.29. The van der Waals surface area contributed by atoms with Crippen LogP contribution in [0.4, 0.5) is 5.95 Å². The second-order valence-electron chi connectivity index (χ2n) is 7.08. The van der Waals surface area contributed by atoms with Crippen LogP contribution >= 0.6 is 0 Å². The largest absolute Gasteiger partial charge is 0.494 e. The lowest BCUT2D eigenvalue weighted by molar-refractivity contribution is -0.144. The van der Waals surface area contributed by atoms with E-state index in [4.69, 9.17) is 9.47 Å². The standard InChI is InChI=1S/C20H30N6O3/c1-2-28-19(27)16-26-20(22-23-24-26)21-10-7-13-29-18-9-6-8-17(14-18)15-25-11-4-3-5-12-25/h6,8-9,14H,2-5,7,10-13,15-16H2,1H3,(H,21,22,24). The van der Waals surface area contributed by atoms with Crippen LogP contribution in [0.15, 0.2) is 24.3 Å². The predicted octanol–water partition coefficient (Wildman–Crippen LogP) is 2.10. The highest BCUT2D eigenvalue weighted by Crippen LogP contribution is 2.17. The average molecular weight is 402 g/mol. The van der Waals surface area contributed by atoms with Gasteiger partial charge in [0.1, 0.15) is 12.3 Å². The van der Waals surface area contributed by atoms with Gasteiger partial charge in [-0.15, -0.1) is 0 Å². The molecule has 0 spiro atoms. The van der Waals surface area contributed by atoms with E-state index in [1.807, 2.05) is 6.07 Å². The molecule has 0 aliphatic carbocycles. The Kier molecular flexibility index (Phi) is 8.24. The van der Waals surface area contributed by atoms with Crippen molar-refractivity contribution in [3.8, 4) is 5.75 Å². The Hall–Kier alpha value is -2.68. The molecule has 3 rings (SSSR count). The number of benzene rings is 1. The number of carbonyl (C=O) groups excluding carboxylic acids is 1. The molecule has 9 heteroatoms. The zero-order chi connectivity index (χ0) is 20.3. The lowest BCUT2D eigenvalue weighted by Gasteiger charge is -2.26. The summed E-state index contributed by atoms with van der Waals surface area (Å²) in [5.74, 6) is 0.976. The number of likely N-dealkylation sites (tertiary alicyclic amines) is 1. The number of esters is 1. The van der Waals surface area contributed by atoms with Gasteiger partial charge in [0.05, 0.1) is 13.2 Å². The number of carbonyl (C=O) groups is 1. The minimum atomic E-state index is -0.365. The van der Waals surface area contributed by atoms with Gasteiger partial charge in [0.2, 0.25) is 5.95 Å². The van der Waals surface area contributed by atoms with Crippen molar-refractivity contribution < 1.29 is 14.3 Å². The molecular weight excluding hydrogens is 372 g/mol. The Morgan fingerprint density at radius 3 is 2.93 bits per heavy atom. The number of ether oxygens (including phenoxy) is 2. The molecule has 0 amide bonds. The summed E-state index contributed by atoms with van der Waals surface area (Å²) in [4.78, 5) is 14.1. The fourth-order valence-corrected chi connectivity index (χ4v) is 3.34. The minimum Gasteiger partial charge on any atom is -0.494 e. The van der Waals surface area contributed by atoms with E-state index in [0.717, 1.165) is 18.7 Å². The second kappa shape index (κ2) is 11.4. The van der Waals surface area contributed by atoms with Gasteiger partial charge in [-0.2, -0.15) is 0 Å².